The lowest BCUT2D eigenvalue weighted by Crippen LogP contribution is -2.20. The molecule has 1 amide bonds. The first-order chi connectivity index (χ1) is 14.6. The lowest BCUT2D eigenvalue weighted by Gasteiger charge is -2.09. The van der Waals surface area contributed by atoms with Crippen LogP contribution in [0.2, 0.25) is 5.02 Å². The van der Waals surface area contributed by atoms with Crippen molar-refractivity contribution in [2.75, 3.05) is 11.9 Å². The van der Waals surface area contributed by atoms with Crippen LogP contribution in [0.15, 0.2) is 77.3 Å². The number of ether oxygens (including phenoxy) is 1. The molecule has 6 nitrogen and oxygen atoms in total. The second kappa shape index (κ2) is 8.80. The molecule has 0 aliphatic heterocycles. The molecular weight excluding hydrogens is 402 g/mol. The van der Waals surface area contributed by atoms with Gasteiger partial charge in [-0.2, -0.15) is 4.98 Å². The third-order valence-electron chi connectivity index (χ3n) is 4.30. The zero-order valence-corrected chi connectivity index (χ0v) is 16.9. The Morgan fingerprint density at radius 1 is 1.03 bits per heavy atom. The Bertz CT molecular complexity index is 1190. The maximum Gasteiger partial charge on any atom is 0.262 e. The van der Waals surface area contributed by atoms with Crippen molar-refractivity contribution >= 4 is 23.2 Å². The quantitative estimate of drug-likeness (QED) is 0.453. The van der Waals surface area contributed by atoms with Crippen LogP contribution < -0.4 is 10.1 Å². The molecule has 0 aliphatic rings. The van der Waals surface area contributed by atoms with E-state index in [2.05, 4.69) is 15.5 Å². The van der Waals surface area contributed by atoms with Crippen molar-refractivity contribution in [2.24, 2.45) is 0 Å². The number of rotatable bonds is 6. The van der Waals surface area contributed by atoms with E-state index >= 15 is 0 Å². The van der Waals surface area contributed by atoms with Crippen LogP contribution in [0.5, 0.6) is 5.75 Å². The molecule has 0 radical (unpaired) electrons. The van der Waals surface area contributed by atoms with Gasteiger partial charge < -0.3 is 14.6 Å². The van der Waals surface area contributed by atoms with E-state index in [0.717, 1.165) is 16.7 Å². The van der Waals surface area contributed by atoms with Gasteiger partial charge >= 0.3 is 0 Å². The number of nitrogens with zero attached hydrogens (tertiary/aromatic N) is 2. The average molecular weight is 420 g/mol. The summed E-state index contributed by atoms with van der Waals surface area (Å²) in [6, 6.07) is 22.0. The number of carbonyl (C=O) groups excluding carboxylic acids is 1. The van der Waals surface area contributed by atoms with Crippen molar-refractivity contribution in [1.29, 1.82) is 0 Å². The molecule has 1 heterocycles. The van der Waals surface area contributed by atoms with Crippen LogP contribution in [0.1, 0.15) is 5.56 Å². The molecule has 0 saturated carbocycles. The van der Waals surface area contributed by atoms with Crippen LogP contribution in [-0.2, 0) is 4.79 Å². The zero-order valence-electron chi connectivity index (χ0n) is 16.1. The number of amides is 1. The van der Waals surface area contributed by atoms with Crippen LogP contribution in [0.3, 0.4) is 0 Å². The van der Waals surface area contributed by atoms with Gasteiger partial charge in [-0.3, -0.25) is 4.79 Å². The van der Waals surface area contributed by atoms with E-state index < -0.39 is 0 Å². The van der Waals surface area contributed by atoms with E-state index in [1.165, 1.54) is 0 Å². The molecule has 3 aromatic carbocycles. The number of benzene rings is 3. The van der Waals surface area contributed by atoms with Gasteiger partial charge in [-0.25, -0.2) is 0 Å². The summed E-state index contributed by atoms with van der Waals surface area (Å²) in [5.74, 6) is 1.09. The van der Waals surface area contributed by atoms with E-state index in [1.807, 2.05) is 37.3 Å². The summed E-state index contributed by atoms with van der Waals surface area (Å²) in [6.45, 7) is 1.85. The maximum absolute atomic E-state index is 12.1. The second-order valence-corrected chi connectivity index (χ2v) is 7.04. The van der Waals surface area contributed by atoms with Crippen molar-refractivity contribution in [3.63, 3.8) is 0 Å². The molecular formula is C23H18ClN3O3. The topological polar surface area (TPSA) is 77.2 Å². The first-order valence-corrected chi connectivity index (χ1v) is 9.65. The van der Waals surface area contributed by atoms with Crippen LogP contribution in [0.25, 0.3) is 22.8 Å². The number of hydrogen-bond donors (Lipinski definition) is 1. The van der Waals surface area contributed by atoms with Gasteiger partial charge in [0.15, 0.2) is 6.61 Å². The predicted molar refractivity (Wildman–Crippen MR) is 115 cm³/mol. The highest BCUT2D eigenvalue weighted by Crippen LogP contribution is 2.25. The fraction of sp³-hybridized carbons (Fsp3) is 0.0870. The Balaban J connectivity index is 1.43. The molecule has 0 aliphatic carbocycles. The first-order valence-electron chi connectivity index (χ1n) is 9.27. The van der Waals surface area contributed by atoms with E-state index in [1.54, 1.807) is 42.5 Å². The monoisotopic (exact) mass is 419 g/mol. The summed E-state index contributed by atoms with van der Waals surface area (Å²) in [7, 11) is 0. The summed E-state index contributed by atoms with van der Waals surface area (Å²) in [5, 5.41) is 7.24. The minimum absolute atomic E-state index is 0.157. The standard InChI is InChI=1S/C23H18ClN3O3/c1-15-6-4-8-17(12-15)23-26-22(27-30-23)16-7-5-9-18(13-16)29-14-21(28)25-20-11-3-2-10-19(20)24/h2-13H,14H2,1H3,(H,25,28). The number of aryl methyl sites for hydroxylation is 1. The predicted octanol–water partition coefficient (Wildman–Crippen LogP) is 5.38. The third-order valence-corrected chi connectivity index (χ3v) is 4.63. The molecule has 0 unspecified atom stereocenters. The molecule has 0 spiro atoms. The highest BCUT2D eigenvalue weighted by molar-refractivity contribution is 6.33. The summed E-state index contributed by atoms with van der Waals surface area (Å²) in [4.78, 5) is 16.6. The highest BCUT2D eigenvalue weighted by atomic mass is 35.5. The van der Waals surface area contributed by atoms with Crippen molar-refractivity contribution in [3.05, 3.63) is 83.4 Å². The highest BCUT2D eigenvalue weighted by Gasteiger charge is 2.12. The van der Waals surface area contributed by atoms with Gasteiger partial charge in [0.05, 0.1) is 10.7 Å². The normalized spacial score (nSPS) is 10.6. The summed E-state index contributed by atoms with van der Waals surface area (Å²) < 4.78 is 11.0. The minimum Gasteiger partial charge on any atom is -0.484 e. The molecule has 1 N–H and O–H groups in total. The molecule has 0 atom stereocenters. The second-order valence-electron chi connectivity index (χ2n) is 6.64. The Morgan fingerprint density at radius 2 is 1.83 bits per heavy atom. The van der Waals surface area contributed by atoms with Crippen LogP contribution in [0.4, 0.5) is 5.69 Å². The lowest BCUT2D eigenvalue weighted by molar-refractivity contribution is -0.118. The molecule has 1 aromatic heterocycles. The Hall–Kier alpha value is -3.64. The number of nitrogens with one attached hydrogen (secondary N) is 1. The van der Waals surface area contributed by atoms with Crippen LogP contribution >= 0.6 is 11.6 Å². The van der Waals surface area contributed by atoms with E-state index in [4.69, 9.17) is 20.9 Å². The van der Waals surface area contributed by atoms with Crippen molar-refractivity contribution in [1.82, 2.24) is 10.1 Å². The van der Waals surface area contributed by atoms with Gasteiger partial charge in [0, 0.05) is 11.1 Å². The number of carbonyl (C=O) groups is 1. The fourth-order valence-electron chi connectivity index (χ4n) is 2.86. The van der Waals surface area contributed by atoms with Gasteiger partial charge in [-0.15, -0.1) is 0 Å². The van der Waals surface area contributed by atoms with Gasteiger partial charge in [-0.1, -0.05) is 58.7 Å². The summed E-state index contributed by atoms with van der Waals surface area (Å²) >= 11 is 6.05. The Labute approximate surface area is 178 Å². The number of halogens is 1. The SMILES string of the molecule is Cc1cccc(-c2nc(-c3cccc(OCC(=O)Nc4ccccc4Cl)c3)no2)c1. The number of anilines is 1. The Morgan fingerprint density at radius 3 is 2.67 bits per heavy atom. The largest absolute Gasteiger partial charge is 0.484 e. The van der Waals surface area contributed by atoms with E-state index in [0.29, 0.717) is 28.2 Å². The van der Waals surface area contributed by atoms with Crippen molar-refractivity contribution in [3.8, 4) is 28.6 Å². The fourth-order valence-corrected chi connectivity index (χ4v) is 3.04. The van der Waals surface area contributed by atoms with E-state index in [-0.39, 0.29) is 12.5 Å². The molecule has 4 rings (SSSR count). The van der Waals surface area contributed by atoms with Crippen molar-refractivity contribution < 1.29 is 14.1 Å². The molecule has 150 valence electrons. The molecule has 0 saturated heterocycles. The molecule has 4 aromatic rings. The van der Waals surface area contributed by atoms with Crippen LogP contribution in [-0.4, -0.2) is 22.7 Å². The van der Waals surface area contributed by atoms with Gasteiger partial charge in [0.1, 0.15) is 5.75 Å². The van der Waals surface area contributed by atoms with Crippen LogP contribution in [0, 0.1) is 6.92 Å². The molecule has 30 heavy (non-hydrogen) atoms. The van der Waals surface area contributed by atoms with Gasteiger partial charge in [0.25, 0.3) is 11.8 Å². The maximum atomic E-state index is 12.1. The van der Waals surface area contributed by atoms with Crippen molar-refractivity contribution in [2.45, 2.75) is 6.92 Å². The van der Waals surface area contributed by atoms with E-state index in [9.17, 15) is 4.79 Å². The summed E-state index contributed by atoms with van der Waals surface area (Å²) in [6.07, 6.45) is 0. The smallest absolute Gasteiger partial charge is 0.262 e. The zero-order chi connectivity index (χ0) is 20.9. The van der Waals surface area contributed by atoms with Gasteiger partial charge in [0.2, 0.25) is 5.82 Å². The first kappa shape index (κ1) is 19.7. The average Bonchev–Trinajstić information content (AvgIpc) is 3.25. The minimum atomic E-state index is -0.310. The number of aromatic nitrogens is 2. The number of para-hydroxylation sites is 1. The molecule has 7 heteroatoms. The third kappa shape index (κ3) is 4.67. The molecule has 0 fully saturated rings. The van der Waals surface area contributed by atoms with Gasteiger partial charge in [-0.05, 0) is 43.3 Å². The lowest BCUT2D eigenvalue weighted by atomic mass is 10.1. The Kier molecular flexibility index (Phi) is 5.77. The summed E-state index contributed by atoms with van der Waals surface area (Å²) in [5.41, 5.74) is 3.23. The molecule has 0 bridgehead atoms. The number of hydrogen-bond acceptors (Lipinski definition) is 5.